The number of hydrazone groups is 1. The number of esters is 1. The zero-order valence-electron chi connectivity index (χ0n) is 23.5. The van der Waals surface area contributed by atoms with Gasteiger partial charge in [-0.15, -0.1) is 0 Å². The smallest absolute Gasteiger partial charge is 0.379 e. The Morgan fingerprint density at radius 2 is 1.42 bits per heavy atom. The lowest BCUT2D eigenvalue weighted by Gasteiger charge is -2.13. The van der Waals surface area contributed by atoms with Crippen LogP contribution in [0.15, 0.2) is 113 Å². The molecule has 7 heteroatoms. The summed E-state index contributed by atoms with van der Waals surface area (Å²) < 4.78 is 11.6. The molecule has 210 valence electrons. The number of nitrogens with zero attached hydrogens (tertiary/aromatic N) is 2. The number of benzene rings is 4. The second-order valence-corrected chi connectivity index (χ2v) is 10.3. The van der Waals surface area contributed by atoms with E-state index in [1.165, 1.54) is 0 Å². The maximum absolute atomic E-state index is 13.1. The summed E-state index contributed by atoms with van der Waals surface area (Å²) in [7, 11) is 0. The number of carbonyl (C=O) groups is 2. The number of aryl methyl sites for hydroxylation is 1. The van der Waals surface area contributed by atoms with Crippen molar-refractivity contribution in [1.29, 1.82) is 5.26 Å². The largest absolute Gasteiger partial charge is 0.453 e. The quantitative estimate of drug-likeness (QED) is 0.131. The Morgan fingerprint density at radius 3 is 2.07 bits per heavy atom. The minimum Gasteiger partial charge on any atom is -0.453 e. The maximum Gasteiger partial charge on any atom is 0.379 e. The summed E-state index contributed by atoms with van der Waals surface area (Å²) in [6, 6.07) is 33.9. The Labute approximate surface area is 249 Å². The van der Waals surface area contributed by atoms with Gasteiger partial charge in [-0.05, 0) is 78.4 Å². The zero-order valence-corrected chi connectivity index (χ0v) is 23.5. The van der Waals surface area contributed by atoms with E-state index >= 15 is 0 Å². The number of rotatable bonds is 6. The molecule has 0 saturated heterocycles. The van der Waals surface area contributed by atoms with Crippen LogP contribution in [0.5, 0.6) is 5.75 Å². The molecule has 0 radical (unpaired) electrons. The molecule has 4 aromatic carbocycles. The van der Waals surface area contributed by atoms with Crippen LogP contribution in [0.2, 0.25) is 0 Å². The van der Waals surface area contributed by atoms with Gasteiger partial charge in [-0.25, -0.2) is 10.2 Å². The summed E-state index contributed by atoms with van der Waals surface area (Å²) >= 11 is 0. The fourth-order valence-electron chi connectivity index (χ4n) is 5.21. The summed E-state index contributed by atoms with van der Waals surface area (Å²) in [6.45, 7) is 1.80. The number of amides is 1. The molecule has 0 atom stereocenters. The highest BCUT2D eigenvalue weighted by molar-refractivity contribution is 6.06. The third-order valence-electron chi connectivity index (χ3n) is 7.47. The van der Waals surface area contributed by atoms with Gasteiger partial charge in [0, 0.05) is 23.1 Å². The Kier molecular flexibility index (Phi) is 7.66. The highest BCUT2D eigenvalue weighted by atomic mass is 16.5. The predicted octanol–water partition coefficient (Wildman–Crippen LogP) is 7.48. The Bertz CT molecular complexity index is 1860. The van der Waals surface area contributed by atoms with Gasteiger partial charge in [0.05, 0.1) is 17.3 Å². The number of furan rings is 1. The average Bonchev–Trinajstić information content (AvgIpc) is 3.41. The van der Waals surface area contributed by atoms with Crippen molar-refractivity contribution in [2.45, 2.75) is 26.2 Å². The van der Waals surface area contributed by atoms with E-state index < -0.39 is 5.97 Å². The lowest BCUT2D eigenvalue weighted by molar-refractivity contribution is 0.0698. The standard InChI is InChI=1S/C36H27N3O4/c1-23-33-31(38-39-35(40)29-16-14-27(15-17-29)25-6-3-2-4-7-25)8-5-9-32(33)43-34(23)36(41)42-30-20-18-28(19-21-30)26-12-10-24(22-37)11-13-26/h2-4,6-7,10-21H,5,8-9H2,1H3,(H,39,40)/b38-31+. The molecular formula is C36H27N3O4. The summed E-state index contributed by atoms with van der Waals surface area (Å²) in [5.41, 5.74) is 9.80. The van der Waals surface area contributed by atoms with Gasteiger partial charge in [0.1, 0.15) is 11.5 Å². The fourth-order valence-corrected chi connectivity index (χ4v) is 5.21. The highest BCUT2D eigenvalue weighted by Gasteiger charge is 2.29. The maximum atomic E-state index is 13.1. The molecular weight excluding hydrogens is 538 g/mol. The Balaban J connectivity index is 1.14. The third kappa shape index (κ3) is 5.85. The molecule has 6 rings (SSSR count). The lowest BCUT2D eigenvalue weighted by Crippen LogP contribution is -2.22. The number of nitrogens with one attached hydrogen (secondary N) is 1. The van der Waals surface area contributed by atoms with Crippen molar-refractivity contribution < 1.29 is 18.7 Å². The van der Waals surface area contributed by atoms with Crippen LogP contribution in [0.25, 0.3) is 22.3 Å². The van der Waals surface area contributed by atoms with Crippen LogP contribution in [-0.2, 0) is 6.42 Å². The normalized spacial score (nSPS) is 13.2. The minimum atomic E-state index is -0.597. The fraction of sp³-hybridized carbons (Fsp3) is 0.111. The third-order valence-corrected chi connectivity index (χ3v) is 7.47. The van der Waals surface area contributed by atoms with Gasteiger partial charge >= 0.3 is 5.97 Å². The number of hydrogen-bond acceptors (Lipinski definition) is 6. The van der Waals surface area contributed by atoms with E-state index in [1.54, 1.807) is 43.3 Å². The number of nitriles is 1. The summed E-state index contributed by atoms with van der Waals surface area (Å²) in [5, 5.41) is 13.4. The van der Waals surface area contributed by atoms with E-state index in [9.17, 15) is 9.59 Å². The first-order chi connectivity index (χ1) is 21.0. The van der Waals surface area contributed by atoms with E-state index in [-0.39, 0.29) is 11.7 Å². The van der Waals surface area contributed by atoms with Crippen LogP contribution in [0, 0.1) is 18.3 Å². The number of hydrogen-bond donors (Lipinski definition) is 1. The van der Waals surface area contributed by atoms with Crippen molar-refractivity contribution in [1.82, 2.24) is 5.43 Å². The molecule has 0 unspecified atom stereocenters. The molecule has 1 aromatic heterocycles. The van der Waals surface area contributed by atoms with Crippen LogP contribution < -0.4 is 10.2 Å². The highest BCUT2D eigenvalue weighted by Crippen LogP contribution is 2.31. The molecule has 0 fully saturated rings. The predicted molar refractivity (Wildman–Crippen MR) is 164 cm³/mol. The van der Waals surface area contributed by atoms with Gasteiger partial charge in [0.25, 0.3) is 5.91 Å². The van der Waals surface area contributed by atoms with Crippen molar-refractivity contribution in [2.24, 2.45) is 5.10 Å². The molecule has 5 aromatic rings. The van der Waals surface area contributed by atoms with Crippen LogP contribution in [0.3, 0.4) is 0 Å². The summed E-state index contributed by atoms with van der Waals surface area (Å²) in [4.78, 5) is 26.0. The first kappa shape index (κ1) is 27.4. The molecule has 1 aliphatic rings. The molecule has 1 aliphatic carbocycles. The van der Waals surface area contributed by atoms with Gasteiger partial charge in [-0.3, -0.25) is 4.79 Å². The van der Waals surface area contributed by atoms with E-state index in [2.05, 4.69) is 16.6 Å². The molecule has 1 heterocycles. The number of ether oxygens (including phenoxy) is 1. The van der Waals surface area contributed by atoms with Crippen molar-refractivity contribution >= 4 is 17.6 Å². The first-order valence-corrected chi connectivity index (χ1v) is 14.0. The van der Waals surface area contributed by atoms with Gasteiger partial charge in [-0.1, -0.05) is 66.7 Å². The average molecular weight is 566 g/mol. The number of fused-ring (bicyclic) bond motifs is 1. The van der Waals surface area contributed by atoms with Crippen molar-refractivity contribution in [2.75, 3.05) is 0 Å². The van der Waals surface area contributed by atoms with Crippen molar-refractivity contribution in [3.05, 3.63) is 137 Å². The van der Waals surface area contributed by atoms with E-state index in [0.717, 1.165) is 34.2 Å². The molecule has 0 bridgehead atoms. The van der Waals surface area contributed by atoms with Gasteiger partial charge in [0.2, 0.25) is 5.76 Å². The van der Waals surface area contributed by atoms with Gasteiger partial charge < -0.3 is 9.15 Å². The van der Waals surface area contributed by atoms with Crippen molar-refractivity contribution in [3.8, 4) is 34.1 Å². The number of carbonyl (C=O) groups excluding carboxylic acids is 2. The van der Waals surface area contributed by atoms with E-state index in [1.807, 2.05) is 66.7 Å². The molecule has 0 saturated carbocycles. The van der Waals surface area contributed by atoms with Crippen LogP contribution in [0.1, 0.15) is 56.2 Å². The van der Waals surface area contributed by atoms with Crippen LogP contribution in [0.4, 0.5) is 0 Å². The molecule has 7 nitrogen and oxygen atoms in total. The van der Waals surface area contributed by atoms with Crippen molar-refractivity contribution in [3.63, 3.8) is 0 Å². The zero-order chi connectivity index (χ0) is 29.8. The van der Waals surface area contributed by atoms with Gasteiger partial charge in [-0.2, -0.15) is 10.4 Å². The topological polar surface area (TPSA) is 105 Å². The molecule has 1 amide bonds. The molecule has 0 spiro atoms. The molecule has 43 heavy (non-hydrogen) atoms. The lowest BCUT2D eigenvalue weighted by atomic mass is 9.93. The van der Waals surface area contributed by atoms with Crippen LogP contribution in [-0.4, -0.2) is 17.6 Å². The summed E-state index contributed by atoms with van der Waals surface area (Å²) in [5.74, 6) is 0.255. The summed E-state index contributed by atoms with van der Waals surface area (Å²) in [6.07, 6.45) is 2.09. The molecule has 0 aliphatic heterocycles. The second-order valence-electron chi connectivity index (χ2n) is 10.3. The van der Waals surface area contributed by atoms with E-state index in [4.69, 9.17) is 14.4 Å². The first-order valence-electron chi connectivity index (χ1n) is 14.0. The second kappa shape index (κ2) is 12.0. The Hall–Kier alpha value is -5.74. The monoisotopic (exact) mass is 565 g/mol. The van der Waals surface area contributed by atoms with Gasteiger partial charge in [0.15, 0.2) is 0 Å². The molecule has 1 N–H and O–H groups in total. The minimum absolute atomic E-state index is 0.124. The van der Waals surface area contributed by atoms with E-state index in [0.29, 0.717) is 46.8 Å². The SMILES string of the molecule is Cc1c(C(=O)Oc2ccc(-c3ccc(C#N)cc3)cc2)oc2c1/C(=N/NC(=O)c1ccc(-c3ccccc3)cc1)CCC2. The Morgan fingerprint density at radius 1 is 0.814 bits per heavy atom. The van der Waals surface area contributed by atoms with Crippen LogP contribution >= 0.6 is 0 Å².